The largest absolute Gasteiger partial charge is 0.497 e. The molecule has 0 fully saturated rings. The molecule has 2 N–H and O–H groups in total. The quantitative estimate of drug-likeness (QED) is 0.403. The Morgan fingerprint density at radius 3 is 2.22 bits per heavy atom. The lowest BCUT2D eigenvalue weighted by Crippen LogP contribution is -2.51. The standard InChI is InChI=1S/C28H33N3O5/c1-8-18-31(26(33)19(3)29-27(34)36-28(4,5)6)24(21-12-10-20(9-2)11-13-21)25(32)30-22-14-16-23(35-7)17-15-22/h2,8,10-17,19,24H,1,18H2,3-7H3,(H,29,34)(H,30,32). The van der Waals surface area contributed by atoms with Crippen molar-refractivity contribution < 1.29 is 23.9 Å². The maximum absolute atomic E-state index is 13.6. The number of methoxy groups -OCH3 is 1. The molecule has 0 aliphatic heterocycles. The highest BCUT2D eigenvalue weighted by molar-refractivity contribution is 5.99. The summed E-state index contributed by atoms with van der Waals surface area (Å²) in [6.45, 7) is 10.5. The second-order valence-corrected chi connectivity index (χ2v) is 9.03. The van der Waals surface area contributed by atoms with E-state index in [1.165, 1.54) is 17.9 Å². The second kappa shape index (κ2) is 12.5. The van der Waals surface area contributed by atoms with Gasteiger partial charge >= 0.3 is 6.09 Å². The molecule has 2 aromatic rings. The molecule has 0 aliphatic carbocycles. The summed E-state index contributed by atoms with van der Waals surface area (Å²) in [5.74, 6) is 2.24. The summed E-state index contributed by atoms with van der Waals surface area (Å²) in [5.41, 5.74) is 0.971. The van der Waals surface area contributed by atoms with Gasteiger partial charge in [0.25, 0.3) is 5.91 Å². The van der Waals surface area contributed by atoms with Gasteiger partial charge in [-0.2, -0.15) is 0 Å². The number of nitrogens with zero attached hydrogens (tertiary/aromatic N) is 1. The first kappa shape index (κ1) is 28.0. The molecule has 36 heavy (non-hydrogen) atoms. The summed E-state index contributed by atoms with van der Waals surface area (Å²) in [6.07, 6.45) is 6.26. The summed E-state index contributed by atoms with van der Waals surface area (Å²) in [4.78, 5) is 40.6. The Balaban J connectivity index is 2.40. The molecule has 0 aromatic heterocycles. The van der Waals surface area contributed by atoms with Gasteiger partial charge in [0.05, 0.1) is 7.11 Å². The third-order valence-electron chi connectivity index (χ3n) is 5.02. The van der Waals surface area contributed by atoms with Crippen LogP contribution in [0.5, 0.6) is 5.75 Å². The van der Waals surface area contributed by atoms with Gasteiger partial charge in [0.15, 0.2) is 0 Å². The number of nitrogens with one attached hydrogen (secondary N) is 2. The zero-order valence-electron chi connectivity index (χ0n) is 21.3. The van der Waals surface area contributed by atoms with Crippen LogP contribution in [-0.2, 0) is 14.3 Å². The molecule has 190 valence electrons. The fraction of sp³-hybridized carbons (Fsp3) is 0.321. The van der Waals surface area contributed by atoms with Crippen LogP contribution in [0.1, 0.15) is 44.9 Å². The van der Waals surface area contributed by atoms with Crippen molar-refractivity contribution in [2.45, 2.75) is 45.4 Å². The summed E-state index contributed by atoms with van der Waals surface area (Å²) in [5, 5.41) is 5.39. The van der Waals surface area contributed by atoms with Gasteiger partial charge < -0.3 is 25.0 Å². The van der Waals surface area contributed by atoms with Crippen molar-refractivity contribution in [2.75, 3.05) is 19.0 Å². The van der Waals surface area contributed by atoms with Crippen molar-refractivity contribution in [1.82, 2.24) is 10.2 Å². The van der Waals surface area contributed by atoms with Gasteiger partial charge in [-0.15, -0.1) is 13.0 Å². The predicted octanol–water partition coefficient (Wildman–Crippen LogP) is 4.28. The number of benzene rings is 2. The molecule has 2 atom stereocenters. The minimum Gasteiger partial charge on any atom is -0.497 e. The first-order valence-corrected chi connectivity index (χ1v) is 11.4. The average molecular weight is 492 g/mol. The number of anilines is 1. The Bertz CT molecular complexity index is 1110. The molecule has 0 aliphatic rings. The van der Waals surface area contributed by atoms with E-state index in [1.807, 2.05) is 0 Å². The van der Waals surface area contributed by atoms with Crippen LogP contribution in [-0.4, -0.2) is 48.1 Å². The van der Waals surface area contributed by atoms with Gasteiger partial charge in [-0.25, -0.2) is 4.79 Å². The van der Waals surface area contributed by atoms with E-state index in [-0.39, 0.29) is 6.54 Å². The molecule has 0 spiro atoms. The topological polar surface area (TPSA) is 97.0 Å². The SMILES string of the molecule is C#Cc1ccc(C(C(=O)Nc2ccc(OC)cc2)N(CC=C)C(=O)C(C)NC(=O)OC(C)(C)C)cc1. The van der Waals surface area contributed by atoms with Crippen LogP contribution in [0.4, 0.5) is 10.5 Å². The molecule has 0 bridgehead atoms. The van der Waals surface area contributed by atoms with Crippen LogP contribution in [0.15, 0.2) is 61.2 Å². The van der Waals surface area contributed by atoms with Crippen molar-refractivity contribution in [3.63, 3.8) is 0 Å². The highest BCUT2D eigenvalue weighted by atomic mass is 16.6. The van der Waals surface area contributed by atoms with Crippen molar-refractivity contribution in [2.24, 2.45) is 0 Å². The summed E-state index contributed by atoms with van der Waals surface area (Å²) in [7, 11) is 1.55. The fourth-order valence-electron chi connectivity index (χ4n) is 3.38. The maximum atomic E-state index is 13.6. The highest BCUT2D eigenvalue weighted by Crippen LogP contribution is 2.25. The number of carbonyl (C=O) groups excluding carboxylic acids is 3. The van der Waals surface area contributed by atoms with Crippen molar-refractivity contribution in [3.05, 3.63) is 72.3 Å². The zero-order valence-corrected chi connectivity index (χ0v) is 21.3. The van der Waals surface area contributed by atoms with E-state index in [4.69, 9.17) is 15.9 Å². The van der Waals surface area contributed by atoms with E-state index >= 15 is 0 Å². The van der Waals surface area contributed by atoms with Crippen LogP contribution < -0.4 is 15.4 Å². The number of terminal acetylenes is 1. The van der Waals surface area contributed by atoms with E-state index < -0.39 is 35.6 Å². The van der Waals surface area contributed by atoms with Crippen molar-refractivity contribution in [1.29, 1.82) is 0 Å². The van der Waals surface area contributed by atoms with E-state index in [1.54, 1.807) is 76.4 Å². The van der Waals surface area contributed by atoms with Gasteiger partial charge in [-0.3, -0.25) is 9.59 Å². The molecule has 2 aromatic carbocycles. The number of ether oxygens (including phenoxy) is 2. The summed E-state index contributed by atoms with van der Waals surface area (Å²) < 4.78 is 10.4. The van der Waals surface area contributed by atoms with E-state index in [2.05, 4.69) is 23.1 Å². The Kier molecular flexibility index (Phi) is 9.68. The Morgan fingerprint density at radius 1 is 1.11 bits per heavy atom. The molecule has 0 saturated heterocycles. The first-order chi connectivity index (χ1) is 17.0. The molecule has 3 amide bonds. The van der Waals surface area contributed by atoms with E-state index in [0.717, 1.165) is 0 Å². The van der Waals surface area contributed by atoms with Gasteiger partial charge in [0, 0.05) is 17.8 Å². The number of hydrogen-bond acceptors (Lipinski definition) is 5. The van der Waals surface area contributed by atoms with Crippen LogP contribution in [0.25, 0.3) is 0 Å². The second-order valence-electron chi connectivity index (χ2n) is 9.03. The minimum atomic E-state index is -1.03. The van der Waals surface area contributed by atoms with Crippen LogP contribution in [0.3, 0.4) is 0 Å². The predicted molar refractivity (Wildman–Crippen MR) is 139 cm³/mol. The normalized spacial score (nSPS) is 12.3. The molecule has 8 nitrogen and oxygen atoms in total. The third-order valence-corrected chi connectivity index (χ3v) is 5.02. The van der Waals surface area contributed by atoms with Crippen LogP contribution in [0.2, 0.25) is 0 Å². The molecule has 0 saturated carbocycles. The minimum absolute atomic E-state index is 0.0523. The van der Waals surface area contributed by atoms with Crippen molar-refractivity contribution in [3.8, 4) is 18.1 Å². The van der Waals surface area contributed by atoms with Crippen molar-refractivity contribution >= 4 is 23.6 Å². The van der Waals surface area contributed by atoms with Gasteiger partial charge in [-0.05, 0) is 69.7 Å². The van der Waals surface area contributed by atoms with Gasteiger partial charge in [0.1, 0.15) is 23.4 Å². The summed E-state index contributed by atoms with van der Waals surface area (Å²) >= 11 is 0. The third kappa shape index (κ3) is 7.91. The number of amides is 3. The lowest BCUT2D eigenvalue weighted by molar-refractivity contribution is -0.139. The lowest BCUT2D eigenvalue weighted by Gasteiger charge is -2.33. The highest BCUT2D eigenvalue weighted by Gasteiger charge is 2.34. The van der Waals surface area contributed by atoms with Gasteiger partial charge in [-0.1, -0.05) is 24.1 Å². The summed E-state index contributed by atoms with van der Waals surface area (Å²) in [6, 6.07) is 11.6. The number of alkyl carbamates (subject to hydrolysis) is 1. The Hall–Kier alpha value is -4.25. The number of rotatable bonds is 9. The molecule has 0 radical (unpaired) electrons. The average Bonchev–Trinajstić information content (AvgIpc) is 2.82. The van der Waals surface area contributed by atoms with Crippen LogP contribution in [0, 0.1) is 12.3 Å². The molecule has 2 unspecified atom stereocenters. The monoisotopic (exact) mass is 491 g/mol. The smallest absolute Gasteiger partial charge is 0.408 e. The fourth-order valence-corrected chi connectivity index (χ4v) is 3.38. The molecule has 0 heterocycles. The maximum Gasteiger partial charge on any atom is 0.408 e. The van der Waals surface area contributed by atoms with Crippen LogP contribution >= 0.6 is 0 Å². The number of hydrogen-bond donors (Lipinski definition) is 2. The molecular formula is C28H33N3O5. The molecular weight excluding hydrogens is 458 g/mol. The zero-order chi connectivity index (χ0) is 26.9. The van der Waals surface area contributed by atoms with E-state index in [9.17, 15) is 14.4 Å². The van der Waals surface area contributed by atoms with E-state index in [0.29, 0.717) is 22.6 Å². The Morgan fingerprint density at radius 2 is 1.72 bits per heavy atom. The lowest BCUT2D eigenvalue weighted by atomic mass is 10.0. The number of carbonyl (C=O) groups is 3. The Labute approximate surface area is 212 Å². The molecule has 2 rings (SSSR count). The first-order valence-electron chi connectivity index (χ1n) is 11.4. The molecule has 8 heteroatoms. The van der Waals surface area contributed by atoms with Gasteiger partial charge in [0.2, 0.25) is 5.91 Å².